The number of rotatable bonds is 1. The van der Waals surface area contributed by atoms with E-state index in [0.29, 0.717) is 5.89 Å². The molecule has 0 atom stereocenters. The molecule has 0 saturated heterocycles. The third-order valence-electron chi connectivity index (χ3n) is 7.55. The van der Waals surface area contributed by atoms with Gasteiger partial charge in [0, 0.05) is 39.9 Å². The summed E-state index contributed by atoms with van der Waals surface area (Å²) < 4.78 is 18.4. The smallest absolute Gasteiger partial charge is 0.227 e. The molecule has 0 N–H and O–H groups in total. The average molecular weight is 451 g/mol. The molecule has 0 amide bonds. The number of oxazole rings is 1. The first kappa shape index (κ1) is 17.8. The lowest BCUT2D eigenvalue weighted by Crippen LogP contribution is -1.86. The second-order valence-electron chi connectivity index (χ2n) is 9.43. The van der Waals surface area contributed by atoms with E-state index < -0.39 is 0 Å². The molecule has 3 heterocycles. The Balaban J connectivity index is 1.27. The lowest BCUT2D eigenvalue weighted by molar-refractivity contribution is 0.357. The molecule has 5 aromatic carbocycles. The first-order valence-electron chi connectivity index (χ1n) is 11.9. The van der Waals surface area contributed by atoms with Crippen LogP contribution in [0, 0.1) is 0 Å². The van der Waals surface area contributed by atoms with E-state index in [2.05, 4.69) is 60.7 Å². The Bertz CT molecular complexity index is 2000. The van der Waals surface area contributed by atoms with Crippen LogP contribution < -0.4 is 4.74 Å². The van der Waals surface area contributed by atoms with Crippen LogP contribution in [0.25, 0.3) is 77.5 Å². The normalized spacial score (nSPS) is 13.7. The third kappa shape index (κ3) is 2.24. The number of fused-ring (bicyclic) bond motifs is 9. The van der Waals surface area contributed by atoms with E-state index >= 15 is 0 Å². The van der Waals surface area contributed by atoms with Crippen molar-refractivity contribution in [2.24, 2.45) is 0 Å². The Kier molecular flexibility index (Phi) is 3.11. The molecule has 9 rings (SSSR count). The highest BCUT2D eigenvalue weighted by atomic mass is 16.5. The fourth-order valence-corrected chi connectivity index (χ4v) is 5.96. The molecule has 1 aliphatic heterocycles. The molecule has 35 heavy (non-hydrogen) atoms. The van der Waals surface area contributed by atoms with E-state index in [1.54, 1.807) is 0 Å². The molecule has 1 aliphatic carbocycles. The predicted octanol–water partition coefficient (Wildman–Crippen LogP) is 8.13. The van der Waals surface area contributed by atoms with E-state index in [9.17, 15) is 0 Å². The largest absolute Gasteiger partial charge is 0.493 e. The van der Waals surface area contributed by atoms with E-state index in [1.165, 1.54) is 38.6 Å². The van der Waals surface area contributed by atoms with Gasteiger partial charge in [0.05, 0.1) is 6.61 Å². The summed E-state index contributed by atoms with van der Waals surface area (Å²) in [6, 6.07) is 27.7. The van der Waals surface area contributed by atoms with Gasteiger partial charge in [-0.15, -0.1) is 0 Å². The third-order valence-corrected chi connectivity index (χ3v) is 7.55. The van der Waals surface area contributed by atoms with Crippen molar-refractivity contribution in [3.05, 3.63) is 84.4 Å². The van der Waals surface area contributed by atoms with Crippen molar-refractivity contribution in [2.75, 3.05) is 6.61 Å². The molecule has 0 bridgehead atoms. The number of ether oxygens (including phenoxy) is 1. The Morgan fingerprint density at radius 1 is 0.714 bits per heavy atom. The van der Waals surface area contributed by atoms with Crippen molar-refractivity contribution in [1.29, 1.82) is 0 Å². The highest BCUT2D eigenvalue weighted by Crippen LogP contribution is 2.51. The van der Waals surface area contributed by atoms with Gasteiger partial charge < -0.3 is 13.6 Å². The quantitative estimate of drug-likeness (QED) is 0.253. The van der Waals surface area contributed by atoms with Crippen LogP contribution in [-0.4, -0.2) is 11.6 Å². The molecule has 0 radical (unpaired) electrons. The number of aromatic nitrogens is 1. The molecule has 2 aromatic heterocycles. The molecule has 164 valence electrons. The van der Waals surface area contributed by atoms with Crippen LogP contribution in [0.2, 0.25) is 0 Å². The van der Waals surface area contributed by atoms with Gasteiger partial charge in [0.25, 0.3) is 0 Å². The highest BCUT2D eigenvalue weighted by molar-refractivity contribution is 6.23. The van der Waals surface area contributed by atoms with Crippen LogP contribution in [0.3, 0.4) is 0 Å². The summed E-state index contributed by atoms with van der Waals surface area (Å²) in [4.78, 5) is 4.77. The van der Waals surface area contributed by atoms with Crippen LogP contribution >= 0.6 is 0 Å². The molecule has 7 aromatic rings. The molecular weight excluding hydrogens is 434 g/mol. The van der Waals surface area contributed by atoms with Crippen LogP contribution in [0.4, 0.5) is 0 Å². The molecule has 2 aliphatic rings. The van der Waals surface area contributed by atoms with Crippen LogP contribution in [0.5, 0.6) is 5.75 Å². The molecular formula is C31H17NO3. The molecule has 0 saturated carbocycles. The highest BCUT2D eigenvalue weighted by Gasteiger charge is 2.26. The van der Waals surface area contributed by atoms with Crippen molar-refractivity contribution in [3.8, 4) is 39.5 Å². The van der Waals surface area contributed by atoms with E-state index in [1.807, 2.05) is 18.2 Å². The minimum absolute atomic E-state index is 0.609. The zero-order valence-electron chi connectivity index (χ0n) is 18.6. The minimum atomic E-state index is 0.609. The lowest BCUT2D eigenvalue weighted by Gasteiger charge is -2.02. The fraction of sp³-hybridized carbons (Fsp3) is 0.0645. The van der Waals surface area contributed by atoms with E-state index in [-0.39, 0.29) is 0 Å². The Morgan fingerprint density at radius 3 is 2.57 bits per heavy atom. The number of hydrogen-bond acceptors (Lipinski definition) is 4. The monoisotopic (exact) mass is 451 g/mol. The maximum atomic E-state index is 6.49. The Labute approximate surface area is 199 Å². The maximum absolute atomic E-state index is 6.49. The Morgan fingerprint density at radius 2 is 1.63 bits per heavy atom. The van der Waals surface area contributed by atoms with Crippen LogP contribution in [0.1, 0.15) is 5.56 Å². The molecule has 0 fully saturated rings. The molecule has 0 spiro atoms. The van der Waals surface area contributed by atoms with Crippen molar-refractivity contribution in [3.63, 3.8) is 0 Å². The standard InChI is InChI=1S/C31H17NO3/c1-3-16-4-2-6-22-28(16)19(5-1)20-8-9-21-23-13-18(7-10-25(23)34-30(21)29(20)22)31-32-24-15-26-17(11-12-33-26)14-27(24)35-31/h1-10,13-15H,11-12H2. The summed E-state index contributed by atoms with van der Waals surface area (Å²) in [6.07, 6.45) is 0.913. The van der Waals surface area contributed by atoms with Gasteiger partial charge in [0.15, 0.2) is 5.58 Å². The lowest BCUT2D eigenvalue weighted by atomic mass is 10.0. The van der Waals surface area contributed by atoms with Crippen molar-refractivity contribution >= 4 is 43.8 Å². The topological polar surface area (TPSA) is 48.4 Å². The number of furan rings is 1. The SMILES string of the molecule is c1cc2c3c(cccc3c1)-c1c-2ccc2c1oc1ccc(-c3nc4cc5c(cc4o3)CCO5)cc12. The van der Waals surface area contributed by atoms with Gasteiger partial charge in [-0.25, -0.2) is 4.98 Å². The van der Waals surface area contributed by atoms with Crippen molar-refractivity contribution < 1.29 is 13.6 Å². The maximum Gasteiger partial charge on any atom is 0.227 e. The summed E-state index contributed by atoms with van der Waals surface area (Å²) in [5.41, 5.74) is 10.5. The van der Waals surface area contributed by atoms with Crippen LogP contribution in [-0.2, 0) is 6.42 Å². The van der Waals surface area contributed by atoms with Crippen molar-refractivity contribution in [2.45, 2.75) is 6.42 Å². The number of nitrogens with zero attached hydrogens (tertiary/aromatic N) is 1. The summed E-state index contributed by atoms with van der Waals surface area (Å²) in [7, 11) is 0. The number of hydrogen-bond donors (Lipinski definition) is 0. The predicted molar refractivity (Wildman–Crippen MR) is 138 cm³/mol. The minimum Gasteiger partial charge on any atom is -0.493 e. The Hall–Kier alpha value is -4.57. The van der Waals surface area contributed by atoms with Crippen LogP contribution in [0.15, 0.2) is 87.7 Å². The zero-order valence-corrected chi connectivity index (χ0v) is 18.6. The van der Waals surface area contributed by atoms with Crippen molar-refractivity contribution in [1.82, 2.24) is 4.98 Å². The van der Waals surface area contributed by atoms with Gasteiger partial charge in [0.2, 0.25) is 5.89 Å². The first-order valence-corrected chi connectivity index (χ1v) is 11.9. The van der Waals surface area contributed by atoms with Gasteiger partial charge in [-0.05, 0) is 57.8 Å². The first-order chi connectivity index (χ1) is 17.3. The molecule has 4 nitrogen and oxygen atoms in total. The van der Waals surface area contributed by atoms with Gasteiger partial charge >= 0.3 is 0 Å². The molecule has 4 heteroatoms. The average Bonchev–Trinajstić information content (AvgIpc) is 3.66. The van der Waals surface area contributed by atoms with Gasteiger partial charge in [0.1, 0.15) is 22.4 Å². The van der Waals surface area contributed by atoms with Gasteiger partial charge in [-0.2, -0.15) is 0 Å². The fourth-order valence-electron chi connectivity index (χ4n) is 5.96. The summed E-state index contributed by atoms with van der Waals surface area (Å²) in [5.74, 6) is 1.52. The van der Waals surface area contributed by atoms with Gasteiger partial charge in [-0.1, -0.05) is 42.5 Å². The van der Waals surface area contributed by atoms with E-state index in [0.717, 1.165) is 57.4 Å². The summed E-state index contributed by atoms with van der Waals surface area (Å²) in [5, 5.41) is 4.74. The van der Waals surface area contributed by atoms with Gasteiger partial charge in [-0.3, -0.25) is 0 Å². The second kappa shape index (κ2) is 6.10. The second-order valence-corrected chi connectivity index (χ2v) is 9.43. The summed E-state index contributed by atoms with van der Waals surface area (Å²) in [6.45, 7) is 0.725. The molecule has 0 unspecified atom stereocenters. The summed E-state index contributed by atoms with van der Waals surface area (Å²) >= 11 is 0. The van der Waals surface area contributed by atoms with E-state index in [4.69, 9.17) is 18.6 Å². The number of benzene rings is 5. The zero-order chi connectivity index (χ0) is 22.7.